The number of hydrogen-bond donors (Lipinski definition) is 2. The number of amides is 1. The van der Waals surface area contributed by atoms with Crippen LogP contribution in [-0.2, 0) is 4.79 Å². The molecule has 3 N–H and O–H groups in total. The lowest BCUT2D eigenvalue weighted by Gasteiger charge is -2.15. The molecule has 1 aromatic rings. The molecular weight excluding hydrogens is 238 g/mol. The third kappa shape index (κ3) is 3.47. The van der Waals surface area contributed by atoms with Crippen LogP contribution >= 0.6 is 0 Å². The normalized spacial score (nSPS) is 16.4. The van der Waals surface area contributed by atoms with Crippen LogP contribution in [0.3, 0.4) is 0 Å². The van der Waals surface area contributed by atoms with Gasteiger partial charge in [0.15, 0.2) is 0 Å². The largest absolute Gasteiger partial charge is 0.397 e. The second kappa shape index (κ2) is 6.24. The van der Waals surface area contributed by atoms with Crippen LogP contribution in [0, 0.1) is 17.2 Å². The van der Waals surface area contributed by atoms with E-state index in [9.17, 15) is 4.79 Å². The maximum Gasteiger partial charge on any atom is 0.227 e. The lowest BCUT2D eigenvalue weighted by Crippen LogP contribution is -2.22. The molecular formula is C15H19N3O. The van der Waals surface area contributed by atoms with E-state index in [1.165, 1.54) is 12.8 Å². The molecule has 1 fully saturated rings. The number of carbonyl (C=O) groups excluding carboxylic acids is 1. The van der Waals surface area contributed by atoms with Gasteiger partial charge in [0, 0.05) is 5.92 Å². The summed E-state index contributed by atoms with van der Waals surface area (Å²) in [5.41, 5.74) is 7.39. The van der Waals surface area contributed by atoms with Gasteiger partial charge in [-0.15, -0.1) is 0 Å². The van der Waals surface area contributed by atoms with Gasteiger partial charge in [0.25, 0.3) is 0 Å². The molecule has 0 bridgehead atoms. The number of rotatable bonds is 2. The van der Waals surface area contributed by atoms with E-state index in [4.69, 9.17) is 11.0 Å². The van der Waals surface area contributed by atoms with Crippen LogP contribution in [0.1, 0.15) is 44.1 Å². The monoisotopic (exact) mass is 257 g/mol. The van der Waals surface area contributed by atoms with E-state index in [0.717, 1.165) is 25.7 Å². The van der Waals surface area contributed by atoms with Gasteiger partial charge in [-0.05, 0) is 31.0 Å². The molecule has 0 radical (unpaired) electrons. The SMILES string of the molecule is N#Cc1ccc(NC(=O)C2CCCCCC2)c(N)c1. The molecule has 0 aliphatic heterocycles. The Morgan fingerprint density at radius 1 is 1.26 bits per heavy atom. The van der Waals surface area contributed by atoms with E-state index < -0.39 is 0 Å². The second-order valence-electron chi connectivity index (χ2n) is 5.09. The lowest BCUT2D eigenvalue weighted by atomic mass is 9.99. The van der Waals surface area contributed by atoms with Crippen LogP contribution in [0.15, 0.2) is 18.2 Å². The van der Waals surface area contributed by atoms with Crippen molar-refractivity contribution in [1.82, 2.24) is 0 Å². The predicted molar refractivity (Wildman–Crippen MR) is 75.4 cm³/mol. The topological polar surface area (TPSA) is 78.9 Å². The summed E-state index contributed by atoms with van der Waals surface area (Å²) < 4.78 is 0. The van der Waals surface area contributed by atoms with Gasteiger partial charge in [-0.2, -0.15) is 5.26 Å². The van der Waals surface area contributed by atoms with Gasteiger partial charge >= 0.3 is 0 Å². The number of nitriles is 1. The number of nitrogens with one attached hydrogen (secondary N) is 1. The maximum absolute atomic E-state index is 12.2. The number of benzene rings is 1. The molecule has 19 heavy (non-hydrogen) atoms. The van der Waals surface area contributed by atoms with Crippen LogP contribution < -0.4 is 11.1 Å². The van der Waals surface area contributed by atoms with Gasteiger partial charge in [0.1, 0.15) is 0 Å². The van der Waals surface area contributed by atoms with E-state index in [2.05, 4.69) is 5.32 Å². The fraction of sp³-hybridized carbons (Fsp3) is 0.467. The number of nitrogen functional groups attached to an aromatic ring is 1. The first-order valence-electron chi connectivity index (χ1n) is 6.81. The molecule has 0 atom stereocenters. The third-order valence-electron chi connectivity index (χ3n) is 3.66. The molecule has 1 saturated carbocycles. The Bertz CT molecular complexity index is 497. The minimum atomic E-state index is 0.0540. The van der Waals surface area contributed by atoms with Crippen molar-refractivity contribution in [2.45, 2.75) is 38.5 Å². The summed E-state index contributed by atoms with van der Waals surface area (Å²) in [6.07, 6.45) is 6.62. The van der Waals surface area contributed by atoms with Gasteiger partial charge in [0.2, 0.25) is 5.91 Å². The van der Waals surface area contributed by atoms with Crippen LogP contribution in [-0.4, -0.2) is 5.91 Å². The predicted octanol–water partition coefficient (Wildman–Crippen LogP) is 3.05. The van der Waals surface area contributed by atoms with Gasteiger partial charge in [-0.25, -0.2) is 0 Å². The van der Waals surface area contributed by atoms with Crippen molar-refractivity contribution in [2.24, 2.45) is 5.92 Å². The average molecular weight is 257 g/mol. The zero-order valence-corrected chi connectivity index (χ0v) is 11.0. The zero-order chi connectivity index (χ0) is 13.7. The Morgan fingerprint density at radius 2 is 1.95 bits per heavy atom. The molecule has 4 nitrogen and oxygen atoms in total. The van der Waals surface area contributed by atoms with Crippen molar-refractivity contribution < 1.29 is 4.79 Å². The van der Waals surface area contributed by atoms with Crippen molar-refractivity contribution in [3.05, 3.63) is 23.8 Å². The number of nitrogens with zero attached hydrogens (tertiary/aromatic N) is 1. The summed E-state index contributed by atoms with van der Waals surface area (Å²) in [5.74, 6) is 0.149. The van der Waals surface area contributed by atoms with Crippen LogP contribution in [0.5, 0.6) is 0 Å². The molecule has 0 saturated heterocycles. The highest BCUT2D eigenvalue weighted by molar-refractivity contribution is 5.95. The van der Waals surface area contributed by atoms with Gasteiger partial charge in [-0.1, -0.05) is 25.7 Å². The van der Waals surface area contributed by atoms with Gasteiger partial charge in [0.05, 0.1) is 23.0 Å². The fourth-order valence-electron chi connectivity index (χ4n) is 2.52. The van der Waals surface area contributed by atoms with Gasteiger partial charge < -0.3 is 11.1 Å². The Labute approximate surface area is 113 Å². The van der Waals surface area contributed by atoms with E-state index in [1.54, 1.807) is 18.2 Å². The molecule has 2 rings (SSSR count). The fourth-order valence-corrected chi connectivity index (χ4v) is 2.52. The third-order valence-corrected chi connectivity index (χ3v) is 3.66. The molecule has 1 aliphatic rings. The molecule has 0 heterocycles. The molecule has 100 valence electrons. The number of hydrogen-bond acceptors (Lipinski definition) is 3. The van der Waals surface area contributed by atoms with E-state index in [0.29, 0.717) is 16.9 Å². The summed E-state index contributed by atoms with van der Waals surface area (Å²) in [5, 5.41) is 11.7. The highest BCUT2D eigenvalue weighted by Crippen LogP contribution is 2.26. The highest BCUT2D eigenvalue weighted by atomic mass is 16.1. The quantitative estimate of drug-likeness (QED) is 0.631. The zero-order valence-electron chi connectivity index (χ0n) is 11.0. The molecule has 0 spiro atoms. The van der Waals surface area contributed by atoms with Crippen LogP contribution in [0.2, 0.25) is 0 Å². The lowest BCUT2D eigenvalue weighted by molar-refractivity contribution is -0.120. The Morgan fingerprint density at radius 3 is 2.53 bits per heavy atom. The summed E-state index contributed by atoms with van der Waals surface area (Å²) in [7, 11) is 0. The van der Waals surface area contributed by atoms with Gasteiger partial charge in [-0.3, -0.25) is 4.79 Å². The van der Waals surface area contributed by atoms with E-state index in [-0.39, 0.29) is 11.8 Å². The number of nitrogens with two attached hydrogens (primary N) is 1. The second-order valence-corrected chi connectivity index (χ2v) is 5.09. The summed E-state index contributed by atoms with van der Waals surface area (Å²) in [6, 6.07) is 6.98. The average Bonchev–Trinajstić information content (AvgIpc) is 2.70. The van der Waals surface area contributed by atoms with Crippen molar-refractivity contribution in [3.63, 3.8) is 0 Å². The van der Waals surface area contributed by atoms with Crippen molar-refractivity contribution >= 4 is 17.3 Å². The first-order chi connectivity index (χ1) is 9.20. The smallest absolute Gasteiger partial charge is 0.227 e. The minimum absolute atomic E-state index is 0.0540. The van der Waals surface area contributed by atoms with E-state index >= 15 is 0 Å². The van der Waals surface area contributed by atoms with Crippen LogP contribution in [0.4, 0.5) is 11.4 Å². The first kappa shape index (κ1) is 13.4. The molecule has 0 aromatic heterocycles. The van der Waals surface area contributed by atoms with Crippen molar-refractivity contribution in [3.8, 4) is 6.07 Å². The maximum atomic E-state index is 12.2. The standard InChI is InChI=1S/C15H19N3O/c16-10-11-7-8-14(13(17)9-11)18-15(19)12-5-3-1-2-4-6-12/h7-9,12H,1-6,17H2,(H,18,19). The van der Waals surface area contributed by atoms with Crippen molar-refractivity contribution in [1.29, 1.82) is 5.26 Å². The summed E-state index contributed by atoms with van der Waals surface area (Å²) in [4.78, 5) is 12.2. The molecule has 1 aliphatic carbocycles. The highest BCUT2D eigenvalue weighted by Gasteiger charge is 2.20. The Balaban J connectivity index is 2.04. The Hall–Kier alpha value is -2.02. The molecule has 0 unspecified atom stereocenters. The van der Waals surface area contributed by atoms with Crippen LogP contribution in [0.25, 0.3) is 0 Å². The molecule has 4 heteroatoms. The Kier molecular flexibility index (Phi) is 4.40. The van der Waals surface area contributed by atoms with Crippen molar-refractivity contribution in [2.75, 3.05) is 11.1 Å². The first-order valence-corrected chi connectivity index (χ1v) is 6.81. The number of carbonyl (C=O) groups is 1. The molecule has 1 amide bonds. The number of anilines is 2. The minimum Gasteiger partial charge on any atom is -0.397 e. The summed E-state index contributed by atoms with van der Waals surface area (Å²) >= 11 is 0. The summed E-state index contributed by atoms with van der Waals surface area (Å²) in [6.45, 7) is 0. The van der Waals surface area contributed by atoms with E-state index in [1.807, 2.05) is 6.07 Å². The molecule has 1 aromatic carbocycles.